The third-order valence-electron chi connectivity index (χ3n) is 3.17. The molecule has 1 aromatic rings. The largest absolute Gasteiger partial charge is 0.497 e. The minimum atomic E-state index is -0.0864. The van der Waals surface area contributed by atoms with E-state index >= 15 is 0 Å². The van der Waals surface area contributed by atoms with Crippen LogP contribution in [0.15, 0.2) is 22.7 Å². The third kappa shape index (κ3) is 4.77. The van der Waals surface area contributed by atoms with Crippen LogP contribution in [-0.4, -0.2) is 24.4 Å². The highest BCUT2D eigenvalue weighted by Gasteiger charge is 2.26. The Morgan fingerprint density at radius 2 is 2.05 bits per heavy atom. The van der Waals surface area contributed by atoms with Gasteiger partial charge in [0.1, 0.15) is 5.75 Å². The van der Waals surface area contributed by atoms with Crippen molar-refractivity contribution in [1.82, 2.24) is 5.32 Å². The van der Waals surface area contributed by atoms with E-state index < -0.39 is 0 Å². The van der Waals surface area contributed by atoms with E-state index in [1.165, 1.54) is 0 Å². The smallest absolute Gasteiger partial charge is 0.252 e. The van der Waals surface area contributed by atoms with Crippen molar-refractivity contribution in [3.8, 4) is 5.75 Å². The number of halogens is 2. The summed E-state index contributed by atoms with van der Waals surface area (Å²) in [6.07, 6.45) is 0.886. The predicted octanol–water partition coefficient (Wildman–Crippen LogP) is 4.39. The van der Waals surface area contributed by atoms with Crippen molar-refractivity contribution in [2.24, 2.45) is 5.41 Å². The van der Waals surface area contributed by atoms with Gasteiger partial charge in [0.15, 0.2) is 0 Å². The van der Waals surface area contributed by atoms with Crippen molar-refractivity contribution in [1.29, 1.82) is 0 Å². The molecule has 1 atom stereocenters. The summed E-state index contributed by atoms with van der Waals surface area (Å²) in [7, 11) is 1.59. The number of carbonyl (C=O) groups excluding carboxylic acids is 1. The first-order valence-electron chi connectivity index (χ1n) is 6.50. The maximum Gasteiger partial charge on any atom is 0.252 e. The quantitative estimate of drug-likeness (QED) is 0.736. The highest BCUT2D eigenvalue weighted by molar-refractivity contribution is 9.10. The van der Waals surface area contributed by atoms with E-state index in [9.17, 15) is 4.79 Å². The Morgan fingerprint density at radius 3 is 2.55 bits per heavy atom. The molecule has 0 aliphatic rings. The molecule has 0 saturated carbocycles. The lowest BCUT2D eigenvalue weighted by Crippen LogP contribution is -2.44. The first kappa shape index (κ1) is 17.5. The van der Waals surface area contributed by atoms with Gasteiger partial charge < -0.3 is 10.1 Å². The van der Waals surface area contributed by atoms with Crippen molar-refractivity contribution in [2.75, 3.05) is 12.4 Å². The Balaban J connectivity index is 2.94. The number of carbonyl (C=O) groups is 1. The second kappa shape index (κ2) is 7.46. The van der Waals surface area contributed by atoms with Gasteiger partial charge in [0, 0.05) is 15.8 Å². The molecular weight excluding hydrogens is 386 g/mol. The van der Waals surface area contributed by atoms with Gasteiger partial charge in [0.2, 0.25) is 0 Å². The maximum atomic E-state index is 12.5. The van der Waals surface area contributed by atoms with Crippen LogP contribution in [0.25, 0.3) is 0 Å². The van der Waals surface area contributed by atoms with E-state index in [0.29, 0.717) is 11.3 Å². The van der Waals surface area contributed by atoms with Crippen LogP contribution in [0.4, 0.5) is 0 Å². The van der Waals surface area contributed by atoms with Gasteiger partial charge in [-0.1, -0.05) is 36.7 Å². The summed E-state index contributed by atoms with van der Waals surface area (Å²) in [5.41, 5.74) is 0.600. The highest BCUT2D eigenvalue weighted by Crippen LogP contribution is 2.26. The molecule has 20 heavy (non-hydrogen) atoms. The van der Waals surface area contributed by atoms with Gasteiger partial charge in [-0.15, -0.1) is 0 Å². The minimum absolute atomic E-state index is 0.00870. The van der Waals surface area contributed by atoms with Crippen molar-refractivity contribution in [2.45, 2.75) is 33.2 Å². The van der Waals surface area contributed by atoms with Gasteiger partial charge in [0.25, 0.3) is 5.91 Å². The minimum Gasteiger partial charge on any atom is -0.497 e. The Morgan fingerprint density at radius 1 is 1.40 bits per heavy atom. The molecule has 1 rings (SSSR count). The second-order valence-electron chi connectivity index (χ2n) is 5.72. The molecule has 3 nitrogen and oxygen atoms in total. The Kier molecular flexibility index (Phi) is 6.52. The number of benzene rings is 1. The molecule has 1 amide bonds. The fraction of sp³-hybridized carbons (Fsp3) is 0.533. The first-order valence-corrected chi connectivity index (χ1v) is 8.41. The number of amides is 1. The van der Waals surface area contributed by atoms with Crippen LogP contribution >= 0.6 is 31.9 Å². The molecule has 0 aliphatic heterocycles. The molecule has 0 radical (unpaired) electrons. The molecule has 1 aromatic carbocycles. The lowest BCUT2D eigenvalue weighted by molar-refractivity contribution is 0.0899. The van der Waals surface area contributed by atoms with E-state index in [2.05, 4.69) is 57.9 Å². The molecule has 0 aliphatic carbocycles. The molecule has 0 bridgehead atoms. The van der Waals surface area contributed by atoms with Gasteiger partial charge in [-0.05, 0) is 46.0 Å². The first-order chi connectivity index (χ1) is 9.29. The molecule has 0 fully saturated rings. The van der Waals surface area contributed by atoms with Crippen LogP contribution in [-0.2, 0) is 0 Å². The molecule has 1 N–H and O–H groups in total. The van der Waals surface area contributed by atoms with Crippen LogP contribution in [0.2, 0.25) is 0 Å². The molecular formula is C15H21Br2NO2. The third-order valence-corrected chi connectivity index (χ3v) is 4.32. The van der Waals surface area contributed by atoms with Crippen molar-refractivity contribution in [3.63, 3.8) is 0 Å². The Labute approximate surface area is 137 Å². The monoisotopic (exact) mass is 405 g/mol. The zero-order chi connectivity index (χ0) is 15.3. The van der Waals surface area contributed by atoms with E-state index in [0.717, 1.165) is 16.2 Å². The number of hydrogen-bond acceptors (Lipinski definition) is 2. The summed E-state index contributed by atoms with van der Waals surface area (Å²) in [4.78, 5) is 12.5. The predicted molar refractivity (Wildman–Crippen MR) is 89.8 cm³/mol. The van der Waals surface area contributed by atoms with E-state index in [1.54, 1.807) is 13.2 Å². The molecule has 0 aromatic heterocycles. The van der Waals surface area contributed by atoms with E-state index in [4.69, 9.17) is 4.74 Å². The van der Waals surface area contributed by atoms with Gasteiger partial charge in [-0.3, -0.25) is 4.79 Å². The zero-order valence-electron chi connectivity index (χ0n) is 12.3. The van der Waals surface area contributed by atoms with Crippen LogP contribution in [0.5, 0.6) is 5.75 Å². The Bertz CT molecular complexity index is 469. The van der Waals surface area contributed by atoms with Gasteiger partial charge in [-0.25, -0.2) is 0 Å². The second-order valence-corrected chi connectivity index (χ2v) is 7.36. The van der Waals surface area contributed by atoms with Gasteiger partial charge in [0.05, 0.1) is 12.7 Å². The summed E-state index contributed by atoms with van der Waals surface area (Å²) in [5.74, 6) is 0.586. The van der Waals surface area contributed by atoms with Crippen LogP contribution < -0.4 is 10.1 Å². The van der Waals surface area contributed by atoms with Crippen molar-refractivity contribution >= 4 is 37.8 Å². The van der Waals surface area contributed by atoms with Crippen LogP contribution in [0.3, 0.4) is 0 Å². The lowest BCUT2D eigenvalue weighted by atomic mass is 9.85. The summed E-state index contributed by atoms with van der Waals surface area (Å²) < 4.78 is 5.94. The molecule has 0 heterocycles. The standard InChI is InChI=1S/C15H21Br2NO2/c1-15(2,3)13(7-8-16)18-14(19)11-9-10(20-4)5-6-12(11)17/h5-6,9,13H,7-8H2,1-4H3,(H,18,19). The number of alkyl halides is 1. The van der Waals surface area contributed by atoms with Gasteiger partial charge >= 0.3 is 0 Å². The summed E-state index contributed by atoms with van der Waals surface area (Å²) in [6.45, 7) is 6.38. The average Bonchev–Trinajstić information content (AvgIpc) is 2.37. The summed E-state index contributed by atoms with van der Waals surface area (Å²) in [6, 6.07) is 5.49. The van der Waals surface area contributed by atoms with E-state index in [1.807, 2.05) is 12.1 Å². The molecule has 1 unspecified atom stereocenters. The molecule has 0 spiro atoms. The highest BCUT2D eigenvalue weighted by atomic mass is 79.9. The number of methoxy groups -OCH3 is 1. The average molecular weight is 407 g/mol. The normalized spacial score (nSPS) is 12.9. The fourth-order valence-corrected chi connectivity index (χ4v) is 2.76. The number of hydrogen-bond donors (Lipinski definition) is 1. The topological polar surface area (TPSA) is 38.3 Å². The van der Waals surface area contributed by atoms with Crippen molar-refractivity contribution in [3.05, 3.63) is 28.2 Å². The maximum absolute atomic E-state index is 12.5. The fourth-order valence-electron chi connectivity index (χ4n) is 1.87. The molecule has 112 valence electrons. The Hall–Kier alpha value is -0.550. The number of nitrogens with one attached hydrogen (secondary N) is 1. The van der Waals surface area contributed by atoms with Gasteiger partial charge in [-0.2, -0.15) is 0 Å². The molecule has 0 saturated heterocycles. The summed E-state index contributed by atoms with van der Waals surface area (Å²) in [5, 5.41) is 3.97. The zero-order valence-corrected chi connectivity index (χ0v) is 15.5. The van der Waals surface area contributed by atoms with Crippen LogP contribution in [0.1, 0.15) is 37.6 Å². The SMILES string of the molecule is COc1ccc(Br)c(C(=O)NC(CCBr)C(C)(C)C)c1. The summed E-state index contributed by atoms with van der Waals surface area (Å²) >= 11 is 6.86. The van der Waals surface area contributed by atoms with Crippen molar-refractivity contribution < 1.29 is 9.53 Å². The molecule has 5 heteroatoms. The number of ether oxygens (including phenoxy) is 1. The lowest BCUT2D eigenvalue weighted by Gasteiger charge is -2.31. The van der Waals surface area contributed by atoms with E-state index in [-0.39, 0.29) is 17.4 Å². The van der Waals surface area contributed by atoms with Crippen LogP contribution in [0, 0.1) is 5.41 Å². The number of rotatable bonds is 5.